The van der Waals surface area contributed by atoms with Crippen LogP contribution >= 0.6 is 11.3 Å². The molecule has 8 heteroatoms. The molecule has 0 spiro atoms. The summed E-state index contributed by atoms with van der Waals surface area (Å²) < 4.78 is 11.1. The SMILES string of the molecule is COc1cc(O[C@H]2CN(Cc3cnc(NC(C)=O)s3)[C@@H]2C)ccn1. The highest BCUT2D eigenvalue weighted by molar-refractivity contribution is 7.15. The summed E-state index contributed by atoms with van der Waals surface area (Å²) in [6.07, 6.45) is 3.63. The number of rotatable bonds is 6. The van der Waals surface area contributed by atoms with Crippen LogP contribution in [0.3, 0.4) is 0 Å². The summed E-state index contributed by atoms with van der Waals surface area (Å²) in [5, 5.41) is 3.35. The molecule has 1 amide bonds. The predicted octanol–water partition coefficient (Wildman–Crippen LogP) is 2.16. The molecule has 0 aromatic carbocycles. The van der Waals surface area contributed by atoms with Gasteiger partial charge in [-0.05, 0) is 13.0 Å². The van der Waals surface area contributed by atoms with E-state index in [0.29, 0.717) is 17.1 Å². The molecule has 3 rings (SSSR count). The second-order valence-electron chi connectivity index (χ2n) is 5.67. The molecule has 1 aliphatic heterocycles. The van der Waals surface area contributed by atoms with Crippen molar-refractivity contribution in [2.45, 2.75) is 32.5 Å². The van der Waals surface area contributed by atoms with E-state index in [1.54, 1.807) is 19.4 Å². The number of likely N-dealkylation sites (tertiary alicyclic amines) is 1. The Balaban J connectivity index is 1.52. The Hall–Kier alpha value is -2.19. The highest BCUT2D eigenvalue weighted by Gasteiger charge is 2.37. The highest BCUT2D eigenvalue weighted by Crippen LogP contribution is 2.28. The molecule has 2 atom stereocenters. The number of thiazole rings is 1. The van der Waals surface area contributed by atoms with Crippen molar-refractivity contribution >= 4 is 22.4 Å². The monoisotopic (exact) mass is 348 g/mol. The molecular formula is C16H20N4O3S. The van der Waals surface area contributed by atoms with Crippen molar-refractivity contribution in [2.24, 2.45) is 0 Å². The zero-order chi connectivity index (χ0) is 17.1. The van der Waals surface area contributed by atoms with Crippen LogP contribution in [0.5, 0.6) is 11.6 Å². The number of methoxy groups -OCH3 is 1. The smallest absolute Gasteiger partial charge is 0.223 e. The Morgan fingerprint density at radius 2 is 2.33 bits per heavy atom. The molecule has 128 valence electrons. The molecule has 1 aliphatic rings. The Morgan fingerprint density at radius 3 is 3.04 bits per heavy atom. The molecule has 2 aromatic heterocycles. The summed E-state index contributed by atoms with van der Waals surface area (Å²) in [4.78, 5) is 22.8. The first-order valence-corrected chi connectivity index (χ1v) is 8.50. The van der Waals surface area contributed by atoms with E-state index in [9.17, 15) is 4.79 Å². The van der Waals surface area contributed by atoms with E-state index in [2.05, 4.69) is 27.1 Å². The lowest BCUT2D eigenvalue weighted by Gasteiger charge is -2.45. The van der Waals surface area contributed by atoms with Gasteiger partial charge in [-0.15, -0.1) is 11.3 Å². The largest absolute Gasteiger partial charge is 0.487 e. The first-order valence-electron chi connectivity index (χ1n) is 7.68. The van der Waals surface area contributed by atoms with Gasteiger partial charge in [-0.25, -0.2) is 9.97 Å². The third-order valence-electron chi connectivity index (χ3n) is 3.93. The summed E-state index contributed by atoms with van der Waals surface area (Å²) in [7, 11) is 1.59. The number of carbonyl (C=O) groups excluding carboxylic acids is 1. The second-order valence-corrected chi connectivity index (χ2v) is 6.79. The van der Waals surface area contributed by atoms with Gasteiger partial charge in [0.1, 0.15) is 11.9 Å². The molecule has 24 heavy (non-hydrogen) atoms. The fraction of sp³-hybridized carbons (Fsp3) is 0.438. The van der Waals surface area contributed by atoms with Gasteiger partial charge in [0.25, 0.3) is 0 Å². The number of pyridine rings is 1. The molecule has 1 fully saturated rings. The topological polar surface area (TPSA) is 76.6 Å². The van der Waals surface area contributed by atoms with Gasteiger partial charge in [0.05, 0.1) is 7.11 Å². The van der Waals surface area contributed by atoms with E-state index < -0.39 is 0 Å². The van der Waals surface area contributed by atoms with Crippen LogP contribution in [0.25, 0.3) is 0 Å². The van der Waals surface area contributed by atoms with Gasteiger partial charge >= 0.3 is 0 Å². The Labute approximate surface area is 144 Å². The maximum Gasteiger partial charge on any atom is 0.223 e. The van der Waals surface area contributed by atoms with Gasteiger partial charge < -0.3 is 14.8 Å². The maximum atomic E-state index is 11.0. The van der Waals surface area contributed by atoms with Crippen LogP contribution in [0.4, 0.5) is 5.13 Å². The normalized spacial score (nSPS) is 20.3. The average molecular weight is 348 g/mol. The van der Waals surface area contributed by atoms with Crippen molar-refractivity contribution in [3.63, 3.8) is 0 Å². The van der Waals surface area contributed by atoms with Crippen LogP contribution in [0.1, 0.15) is 18.7 Å². The van der Waals surface area contributed by atoms with Crippen molar-refractivity contribution < 1.29 is 14.3 Å². The highest BCUT2D eigenvalue weighted by atomic mass is 32.1. The summed E-state index contributed by atoms with van der Waals surface area (Å²) in [5.74, 6) is 1.21. The zero-order valence-electron chi connectivity index (χ0n) is 13.9. The Bertz CT molecular complexity index is 721. The van der Waals surface area contributed by atoms with E-state index >= 15 is 0 Å². The third-order valence-corrected chi connectivity index (χ3v) is 4.82. The van der Waals surface area contributed by atoms with E-state index in [1.165, 1.54) is 18.3 Å². The minimum absolute atomic E-state index is 0.102. The van der Waals surface area contributed by atoms with Gasteiger partial charge in [-0.1, -0.05) is 0 Å². The molecule has 1 saturated heterocycles. The van der Waals surface area contributed by atoms with Crippen LogP contribution < -0.4 is 14.8 Å². The molecule has 7 nitrogen and oxygen atoms in total. The van der Waals surface area contributed by atoms with Crippen molar-refractivity contribution in [1.82, 2.24) is 14.9 Å². The zero-order valence-corrected chi connectivity index (χ0v) is 14.7. The lowest BCUT2D eigenvalue weighted by atomic mass is 10.0. The molecule has 0 saturated carbocycles. The lowest BCUT2D eigenvalue weighted by molar-refractivity contribution is -0.114. The molecular weight excluding hydrogens is 328 g/mol. The lowest BCUT2D eigenvalue weighted by Crippen LogP contribution is -2.60. The fourth-order valence-corrected chi connectivity index (χ4v) is 3.42. The van der Waals surface area contributed by atoms with Crippen LogP contribution in [0.15, 0.2) is 24.5 Å². The van der Waals surface area contributed by atoms with Gasteiger partial charge in [0.2, 0.25) is 11.8 Å². The minimum atomic E-state index is -0.102. The number of aromatic nitrogens is 2. The first-order chi connectivity index (χ1) is 11.5. The summed E-state index contributed by atoms with van der Waals surface area (Å²) in [6.45, 7) is 5.27. The van der Waals surface area contributed by atoms with E-state index in [1.807, 2.05) is 12.3 Å². The van der Waals surface area contributed by atoms with Crippen LogP contribution in [0.2, 0.25) is 0 Å². The van der Waals surface area contributed by atoms with Gasteiger partial charge in [0.15, 0.2) is 5.13 Å². The van der Waals surface area contributed by atoms with Crippen LogP contribution in [0, 0.1) is 0 Å². The van der Waals surface area contributed by atoms with Crippen LogP contribution in [-0.2, 0) is 11.3 Å². The van der Waals surface area contributed by atoms with E-state index in [4.69, 9.17) is 9.47 Å². The predicted molar refractivity (Wildman–Crippen MR) is 91.5 cm³/mol. The number of nitrogens with zero attached hydrogens (tertiary/aromatic N) is 3. The third kappa shape index (κ3) is 3.82. The van der Waals surface area contributed by atoms with Crippen molar-refractivity contribution in [3.05, 3.63) is 29.4 Å². The Kier molecular flexibility index (Phi) is 4.96. The van der Waals surface area contributed by atoms with E-state index in [0.717, 1.165) is 23.7 Å². The molecule has 2 aromatic rings. The summed E-state index contributed by atoms with van der Waals surface area (Å²) in [6, 6.07) is 3.93. The van der Waals surface area contributed by atoms with Gasteiger partial charge in [-0.3, -0.25) is 9.69 Å². The van der Waals surface area contributed by atoms with Crippen LogP contribution in [-0.4, -0.2) is 46.6 Å². The number of nitrogens with one attached hydrogen (secondary N) is 1. The number of hydrogen-bond acceptors (Lipinski definition) is 7. The number of carbonyl (C=O) groups is 1. The number of ether oxygens (including phenoxy) is 2. The number of anilines is 1. The molecule has 1 N–H and O–H groups in total. The van der Waals surface area contributed by atoms with Gasteiger partial charge in [0, 0.05) is 49.4 Å². The fourth-order valence-electron chi connectivity index (χ4n) is 2.53. The Morgan fingerprint density at radius 1 is 1.50 bits per heavy atom. The first kappa shape index (κ1) is 16.7. The maximum absolute atomic E-state index is 11.0. The quantitative estimate of drug-likeness (QED) is 0.862. The van der Waals surface area contributed by atoms with Crippen molar-refractivity contribution in [1.29, 1.82) is 0 Å². The molecule has 0 bridgehead atoms. The molecule has 3 heterocycles. The second kappa shape index (κ2) is 7.14. The van der Waals surface area contributed by atoms with Gasteiger partial charge in [-0.2, -0.15) is 0 Å². The average Bonchev–Trinajstić information content (AvgIpc) is 3.00. The minimum Gasteiger partial charge on any atom is -0.487 e. The standard InChI is InChI=1S/C16H20N4O3S/c1-10-14(23-12-4-5-17-15(6-12)22-3)9-20(10)8-13-7-18-16(24-13)19-11(2)21/h4-7,10,14H,8-9H2,1-3H3,(H,18,19,21)/t10-,14+/m1/s1. The molecule has 0 aliphatic carbocycles. The van der Waals surface area contributed by atoms with Crippen molar-refractivity contribution in [3.8, 4) is 11.6 Å². The summed E-state index contributed by atoms with van der Waals surface area (Å²) >= 11 is 1.50. The summed E-state index contributed by atoms with van der Waals surface area (Å²) in [5.41, 5.74) is 0. The number of hydrogen-bond donors (Lipinski definition) is 1. The number of amides is 1. The van der Waals surface area contributed by atoms with E-state index in [-0.39, 0.29) is 12.0 Å². The molecule has 0 unspecified atom stereocenters. The van der Waals surface area contributed by atoms with Crippen molar-refractivity contribution in [2.75, 3.05) is 19.0 Å². The molecule has 0 radical (unpaired) electrons.